The highest BCUT2D eigenvalue weighted by Gasteiger charge is 2.09. The molecule has 0 spiro atoms. The van der Waals surface area contributed by atoms with E-state index >= 15 is 0 Å². The molecule has 1 aromatic heterocycles. The molecule has 0 amide bonds. The molecule has 0 aliphatic rings. The third kappa shape index (κ3) is 4.07. The van der Waals surface area contributed by atoms with Crippen LogP contribution in [-0.2, 0) is 0 Å². The van der Waals surface area contributed by atoms with Crippen molar-refractivity contribution < 1.29 is 4.74 Å². The lowest BCUT2D eigenvalue weighted by atomic mass is 10.0. The van der Waals surface area contributed by atoms with Crippen LogP contribution in [-0.4, -0.2) is 11.5 Å². The Morgan fingerprint density at radius 2 is 2.00 bits per heavy atom. The standard InChI is InChI=1S/C17H22N2O/c1-3-10-19-17(4-2)14-7-5-8-15(12-14)20-16-9-6-11-18-13-16/h5-9,11-13,17,19H,3-4,10H2,1-2H3. The number of nitrogens with one attached hydrogen (secondary N) is 1. The Labute approximate surface area is 121 Å². The zero-order chi connectivity index (χ0) is 14.2. The molecule has 20 heavy (non-hydrogen) atoms. The molecule has 3 heteroatoms. The average Bonchev–Trinajstić information content (AvgIpc) is 2.49. The smallest absolute Gasteiger partial charge is 0.145 e. The first-order chi connectivity index (χ1) is 9.83. The molecule has 0 fully saturated rings. The Bertz CT molecular complexity index is 513. The first-order valence-electron chi connectivity index (χ1n) is 7.24. The number of nitrogens with zero attached hydrogens (tertiary/aromatic N) is 1. The van der Waals surface area contributed by atoms with Crippen LogP contribution >= 0.6 is 0 Å². The zero-order valence-electron chi connectivity index (χ0n) is 12.2. The van der Waals surface area contributed by atoms with E-state index in [2.05, 4.69) is 36.3 Å². The van der Waals surface area contributed by atoms with E-state index in [0.29, 0.717) is 6.04 Å². The van der Waals surface area contributed by atoms with E-state index in [1.54, 1.807) is 12.4 Å². The maximum Gasteiger partial charge on any atom is 0.145 e. The predicted molar refractivity (Wildman–Crippen MR) is 82.1 cm³/mol. The van der Waals surface area contributed by atoms with Gasteiger partial charge in [-0.2, -0.15) is 0 Å². The summed E-state index contributed by atoms with van der Waals surface area (Å²) in [7, 11) is 0. The van der Waals surface area contributed by atoms with Gasteiger partial charge in [0.1, 0.15) is 11.5 Å². The van der Waals surface area contributed by atoms with Crippen molar-refractivity contribution in [2.75, 3.05) is 6.54 Å². The lowest BCUT2D eigenvalue weighted by Crippen LogP contribution is -2.21. The van der Waals surface area contributed by atoms with Crippen molar-refractivity contribution in [2.45, 2.75) is 32.7 Å². The van der Waals surface area contributed by atoms with E-state index in [0.717, 1.165) is 30.9 Å². The molecule has 0 radical (unpaired) electrons. The molecule has 1 unspecified atom stereocenters. The van der Waals surface area contributed by atoms with Crippen LogP contribution in [0.2, 0.25) is 0 Å². The number of aromatic nitrogens is 1. The second-order valence-corrected chi connectivity index (χ2v) is 4.78. The van der Waals surface area contributed by atoms with Crippen molar-refractivity contribution >= 4 is 0 Å². The van der Waals surface area contributed by atoms with E-state index < -0.39 is 0 Å². The molecule has 0 saturated carbocycles. The minimum absolute atomic E-state index is 0.382. The Morgan fingerprint density at radius 1 is 1.15 bits per heavy atom. The second-order valence-electron chi connectivity index (χ2n) is 4.78. The molecule has 0 aliphatic carbocycles. The number of hydrogen-bond acceptors (Lipinski definition) is 3. The Morgan fingerprint density at radius 3 is 2.70 bits per heavy atom. The number of hydrogen-bond donors (Lipinski definition) is 1. The molecular formula is C17H22N2O. The summed E-state index contributed by atoms with van der Waals surface area (Å²) >= 11 is 0. The summed E-state index contributed by atoms with van der Waals surface area (Å²) < 4.78 is 5.83. The Balaban J connectivity index is 2.10. The summed E-state index contributed by atoms with van der Waals surface area (Å²) in [5.41, 5.74) is 1.27. The quantitative estimate of drug-likeness (QED) is 0.813. The fraction of sp³-hybridized carbons (Fsp3) is 0.353. The second kappa shape index (κ2) is 7.65. The third-order valence-corrected chi connectivity index (χ3v) is 3.18. The van der Waals surface area contributed by atoms with Gasteiger partial charge in [-0.1, -0.05) is 26.0 Å². The van der Waals surface area contributed by atoms with E-state index in [1.165, 1.54) is 5.56 Å². The van der Waals surface area contributed by atoms with Crippen molar-refractivity contribution in [3.05, 3.63) is 54.4 Å². The molecule has 1 heterocycles. The Kier molecular flexibility index (Phi) is 5.56. The highest BCUT2D eigenvalue weighted by molar-refractivity contribution is 5.34. The molecule has 0 saturated heterocycles. The number of rotatable bonds is 7. The van der Waals surface area contributed by atoms with Gasteiger partial charge in [0.15, 0.2) is 0 Å². The van der Waals surface area contributed by atoms with Gasteiger partial charge in [-0.05, 0) is 49.2 Å². The maximum atomic E-state index is 5.83. The van der Waals surface area contributed by atoms with Gasteiger partial charge in [-0.3, -0.25) is 4.98 Å². The van der Waals surface area contributed by atoms with Gasteiger partial charge < -0.3 is 10.1 Å². The normalized spacial score (nSPS) is 12.1. The van der Waals surface area contributed by atoms with E-state index in [1.807, 2.05) is 24.3 Å². The van der Waals surface area contributed by atoms with Crippen LogP contribution in [0.4, 0.5) is 0 Å². The summed E-state index contributed by atoms with van der Waals surface area (Å²) in [6.07, 6.45) is 5.67. The van der Waals surface area contributed by atoms with Gasteiger partial charge in [0, 0.05) is 12.2 Å². The number of pyridine rings is 1. The third-order valence-electron chi connectivity index (χ3n) is 3.18. The molecule has 1 N–H and O–H groups in total. The monoisotopic (exact) mass is 270 g/mol. The van der Waals surface area contributed by atoms with E-state index in [4.69, 9.17) is 4.74 Å². The summed E-state index contributed by atoms with van der Waals surface area (Å²) in [6.45, 7) is 5.41. The SMILES string of the molecule is CCCNC(CC)c1cccc(Oc2cccnc2)c1. The lowest BCUT2D eigenvalue weighted by molar-refractivity contribution is 0.474. The highest BCUT2D eigenvalue weighted by Crippen LogP contribution is 2.25. The van der Waals surface area contributed by atoms with Crippen molar-refractivity contribution in [3.8, 4) is 11.5 Å². The summed E-state index contributed by atoms with van der Waals surface area (Å²) in [5.74, 6) is 1.62. The van der Waals surface area contributed by atoms with Crippen LogP contribution in [0.1, 0.15) is 38.3 Å². The largest absolute Gasteiger partial charge is 0.456 e. The van der Waals surface area contributed by atoms with Crippen molar-refractivity contribution in [1.82, 2.24) is 10.3 Å². The first kappa shape index (κ1) is 14.5. The lowest BCUT2D eigenvalue weighted by Gasteiger charge is -2.18. The van der Waals surface area contributed by atoms with Crippen LogP contribution in [0.3, 0.4) is 0 Å². The zero-order valence-corrected chi connectivity index (χ0v) is 12.2. The van der Waals surface area contributed by atoms with Crippen LogP contribution in [0.25, 0.3) is 0 Å². The van der Waals surface area contributed by atoms with Crippen molar-refractivity contribution in [2.24, 2.45) is 0 Å². The van der Waals surface area contributed by atoms with Crippen LogP contribution in [0, 0.1) is 0 Å². The van der Waals surface area contributed by atoms with Crippen LogP contribution in [0.15, 0.2) is 48.8 Å². The molecule has 3 nitrogen and oxygen atoms in total. The van der Waals surface area contributed by atoms with E-state index in [-0.39, 0.29) is 0 Å². The summed E-state index contributed by atoms with van der Waals surface area (Å²) in [6, 6.07) is 12.4. The molecule has 106 valence electrons. The topological polar surface area (TPSA) is 34.1 Å². The summed E-state index contributed by atoms with van der Waals surface area (Å²) in [5, 5.41) is 3.56. The number of ether oxygens (including phenoxy) is 1. The summed E-state index contributed by atoms with van der Waals surface area (Å²) in [4.78, 5) is 4.06. The van der Waals surface area contributed by atoms with Gasteiger partial charge in [0.2, 0.25) is 0 Å². The highest BCUT2D eigenvalue weighted by atomic mass is 16.5. The number of benzene rings is 1. The van der Waals surface area contributed by atoms with Crippen molar-refractivity contribution in [3.63, 3.8) is 0 Å². The van der Waals surface area contributed by atoms with Crippen LogP contribution < -0.4 is 10.1 Å². The fourth-order valence-electron chi connectivity index (χ4n) is 2.15. The van der Waals surface area contributed by atoms with Gasteiger partial charge in [0.05, 0.1) is 6.20 Å². The molecule has 2 rings (SSSR count). The van der Waals surface area contributed by atoms with Gasteiger partial charge in [-0.25, -0.2) is 0 Å². The molecule has 0 bridgehead atoms. The average molecular weight is 270 g/mol. The van der Waals surface area contributed by atoms with Gasteiger partial charge >= 0.3 is 0 Å². The molecule has 0 aliphatic heterocycles. The molecule has 2 aromatic rings. The van der Waals surface area contributed by atoms with Crippen molar-refractivity contribution in [1.29, 1.82) is 0 Å². The molecular weight excluding hydrogens is 248 g/mol. The predicted octanol–water partition coefficient (Wildman–Crippen LogP) is 4.32. The molecule has 1 aromatic carbocycles. The molecule has 1 atom stereocenters. The minimum Gasteiger partial charge on any atom is -0.456 e. The van der Waals surface area contributed by atoms with Gasteiger partial charge in [-0.15, -0.1) is 0 Å². The minimum atomic E-state index is 0.382. The maximum absolute atomic E-state index is 5.83. The van der Waals surface area contributed by atoms with Gasteiger partial charge in [0.25, 0.3) is 0 Å². The first-order valence-corrected chi connectivity index (χ1v) is 7.24. The fourth-order valence-corrected chi connectivity index (χ4v) is 2.15. The van der Waals surface area contributed by atoms with E-state index in [9.17, 15) is 0 Å². The van der Waals surface area contributed by atoms with Crippen LogP contribution in [0.5, 0.6) is 11.5 Å². The Hall–Kier alpha value is -1.87.